The second-order valence-corrected chi connectivity index (χ2v) is 5.38. The first kappa shape index (κ1) is 15.8. The van der Waals surface area contributed by atoms with E-state index in [-0.39, 0.29) is 17.2 Å². The molecule has 0 bridgehead atoms. The lowest BCUT2D eigenvalue weighted by Gasteiger charge is -2.21. The molecule has 112 valence electrons. The summed E-state index contributed by atoms with van der Waals surface area (Å²) < 4.78 is 19.5. The van der Waals surface area contributed by atoms with Gasteiger partial charge in [0.25, 0.3) is 0 Å². The average Bonchev–Trinajstić information content (AvgIpc) is 2.44. The van der Waals surface area contributed by atoms with Crippen LogP contribution in [0.15, 0.2) is 42.5 Å². The van der Waals surface area contributed by atoms with Crippen molar-refractivity contribution in [3.63, 3.8) is 0 Å². The molecule has 1 unspecified atom stereocenters. The molecule has 0 heterocycles. The molecule has 1 atom stereocenters. The van der Waals surface area contributed by atoms with Crippen molar-refractivity contribution in [3.05, 3.63) is 64.4 Å². The standard InChI is InChI=1S/C16H18ClFN2O/c1-10(2)21-15-6-4-3-5-12(15)16(20-19)11-7-8-13(17)14(18)9-11/h3-10,16,20H,19H2,1-2H3. The molecule has 2 aromatic rings. The highest BCUT2D eigenvalue weighted by Crippen LogP contribution is 2.31. The van der Waals surface area contributed by atoms with E-state index in [4.69, 9.17) is 22.2 Å². The zero-order valence-electron chi connectivity index (χ0n) is 11.9. The van der Waals surface area contributed by atoms with Crippen molar-refractivity contribution in [1.29, 1.82) is 0 Å². The fourth-order valence-corrected chi connectivity index (χ4v) is 2.26. The Bertz CT molecular complexity index is 619. The monoisotopic (exact) mass is 308 g/mol. The smallest absolute Gasteiger partial charge is 0.142 e. The van der Waals surface area contributed by atoms with Gasteiger partial charge in [0.15, 0.2) is 0 Å². The van der Waals surface area contributed by atoms with Crippen molar-refractivity contribution in [3.8, 4) is 5.75 Å². The molecule has 0 aliphatic rings. The maximum Gasteiger partial charge on any atom is 0.142 e. The summed E-state index contributed by atoms with van der Waals surface area (Å²) in [5.74, 6) is 5.90. The van der Waals surface area contributed by atoms with E-state index in [2.05, 4.69) is 5.43 Å². The molecule has 3 N–H and O–H groups in total. The Morgan fingerprint density at radius 1 is 1.19 bits per heavy atom. The number of halogens is 2. The maximum absolute atomic E-state index is 13.7. The highest BCUT2D eigenvalue weighted by atomic mass is 35.5. The van der Waals surface area contributed by atoms with E-state index in [1.807, 2.05) is 38.1 Å². The second kappa shape index (κ2) is 6.89. The number of hydrazine groups is 1. The summed E-state index contributed by atoms with van der Waals surface area (Å²) in [6.45, 7) is 3.90. The van der Waals surface area contributed by atoms with Gasteiger partial charge in [0.2, 0.25) is 0 Å². The lowest BCUT2D eigenvalue weighted by Crippen LogP contribution is -2.29. The molecule has 21 heavy (non-hydrogen) atoms. The molecule has 0 spiro atoms. The number of rotatable bonds is 5. The zero-order chi connectivity index (χ0) is 15.4. The van der Waals surface area contributed by atoms with Gasteiger partial charge in [-0.15, -0.1) is 0 Å². The molecule has 0 saturated carbocycles. The van der Waals surface area contributed by atoms with Gasteiger partial charge >= 0.3 is 0 Å². The van der Waals surface area contributed by atoms with Crippen LogP contribution in [0, 0.1) is 5.82 Å². The van der Waals surface area contributed by atoms with Gasteiger partial charge in [-0.25, -0.2) is 9.82 Å². The number of nitrogens with one attached hydrogen (secondary N) is 1. The van der Waals surface area contributed by atoms with Gasteiger partial charge < -0.3 is 4.74 Å². The van der Waals surface area contributed by atoms with Crippen molar-refractivity contribution in [1.82, 2.24) is 5.43 Å². The molecule has 0 aliphatic carbocycles. The van der Waals surface area contributed by atoms with Crippen LogP contribution in [0.5, 0.6) is 5.75 Å². The second-order valence-electron chi connectivity index (χ2n) is 4.98. The summed E-state index contributed by atoms with van der Waals surface area (Å²) in [5.41, 5.74) is 4.23. The van der Waals surface area contributed by atoms with Crippen LogP contribution in [0.3, 0.4) is 0 Å². The molecular weight excluding hydrogens is 291 g/mol. The number of para-hydroxylation sites is 1. The minimum Gasteiger partial charge on any atom is -0.491 e. The Kier molecular flexibility index (Phi) is 5.17. The van der Waals surface area contributed by atoms with Crippen LogP contribution in [0.25, 0.3) is 0 Å². The van der Waals surface area contributed by atoms with Gasteiger partial charge in [-0.2, -0.15) is 0 Å². The number of benzene rings is 2. The Morgan fingerprint density at radius 2 is 1.90 bits per heavy atom. The lowest BCUT2D eigenvalue weighted by molar-refractivity contribution is 0.238. The number of nitrogens with two attached hydrogens (primary N) is 1. The fourth-order valence-electron chi connectivity index (χ4n) is 2.14. The van der Waals surface area contributed by atoms with Gasteiger partial charge in [0.1, 0.15) is 11.6 Å². The van der Waals surface area contributed by atoms with Crippen molar-refractivity contribution >= 4 is 11.6 Å². The normalized spacial score (nSPS) is 12.5. The highest BCUT2D eigenvalue weighted by Gasteiger charge is 2.18. The molecule has 0 aliphatic heterocycles. The van der Waals surface area contributed by atoms with Crippen LogP contribution in [-0.4, -0.2) is 6.10 Å². The Balaban J connectivity index is 2.43. The molecule has 0 fully saturated rings. The van der Waals surface area contributed by atoms with E-state index < -0.39 is 5.82 Å². The third kappa shape index (κ3) is 3.73. The minimum absolute atomic E-state index is 0.0338. The average molecular weight is 309 g/mol. The predicted octanol–water partition coefficient (Wildman–Crippen LogP) is 3.82. The number of hydrogen-bond acceptors (Lipinski definition) is 3. The SMILES string of the molecule is CC(C)Oc1ccccc1C(NN)c1ccc(Cl)c(F)c1. The molecule has 5 heteroatoms. The lowest BCUT2D eigenvalue weighted by atomic mass is 9.98. The van der Waals surface area contributed by atoms with E-state index in [0.29, 0.717) is 11.3 Å². The Labute approximate surface area is 128 Å². The van der Waals surface area contributed by atoms with E-state index in [0.717, 1.165) is 5.56 Å². The summed E-state index contributed by atoms with van der Waals surface area (Å²) in [6.07, 6.45) is 0.0338. The maximum atomic E-state index is 13.7. The van der Waals surface area contributed by atoms with Crippen molar-refractivity contribution in [2.75, 3.05) is 0 Å². The van der Waals surface area contributed by atoms with Crippen LogP contribution in [0.4, 0.5) is 4.39 Å². The summed E-state index contributed by atoms with van der Waals surface area (Å²) in [5, 5.41) is 0.0845. The van der Waals surface area contributed by atoms with Crippen LogP contribution >= 0.6 is 11.6 Å². The van der Waals surface area contributed by atoms with Gasteiger partial charge in [-0.3, -0.25) is 5.84 Å². The van der Waals surface area contributed by atoms with Gasteiger partial charge in [-0.1, -0.05) is 35.9 Å². The Morgan fingerprint density at radius 3 is 2.52 bits per heavy atom. The van der Waals surface area contributed by atoms with Crippen LogP contribution in [-0.2, 0) is 0 Å². The third-order valence-electron chi connectivity index (χ3n) is 3.04. The molecule has 2 aromatic carbocycles. The minimum atomic E-state index is -0.475. The Hall–Kier alpha value is -1.62. The first-order chi connectivity index (χ1) is 10.0. The summed E-state index contributed by atoms with van der Waals surface area (Å²) >= 11 is 5.72. The van der Waals surface area contributed by atoms with E-state index in [1.165, 1.54) is 12.1 Å². The molecule has 0 aromatic heterocycles. The van der Waals surface area contributed by atoms with Crippen molar-refractivity contribution < 1.29 is 9.13 Å². The van der Waals surface area contributed by atoms with E-state index in [9.17, 15) is 4.39 Å². The molecule has 3 nitrogen and oxygen atoms in total. The molecular formula is C16H18ClFN2O. The van der Waals surface area contributed by atoms with Crippen molar-refractivity contribution in [2.24, 2.45) is 5.84 Å². The number of hydrogen-bond donors (Lipinski definition) is 2. The molecule has 0 saturated heterocycles. The molecule has 0 radical (unpaired) electrons. The van der Waals surface area contributed by atoms with E-state index in [1.54, 1.807) is 6.07 Å². The highest BCUT2D eigenvalue weighted by molar-refractivity contribution is 6.30. The first-order valence-corrected chi connectivity index (χ1v) is 7.07. The molecule has 2 rings (SSSR count). The van der Waals surface area contributed by atoms with Crippen LogP contribution < -0.4 is 16.0 Å². The van der Waals surface area contributed by atoms with Crippen LogP contribution in [0.1, 0.15) is 31.0 Å². The van der Waals surface area contributed by atoms with E-state index >= 15 is 0 Å². The molecule has 0 amide bonds. The van der Waals surface area contributed by atoms with Crippen molar-refractivity contribution in [2.45, 2.75) is 26.0 Å². The summed E-state index contributed by atoms with van der Waals surface area (Å²) in [6, 6.07) is 11.8. The third-order valence-corrected chi connectivity index (χ3v) is 3.34. The summed E-state index contributed by atoms with van der Waals surface area (Å²) in [4.78, 5) is 0. The van der Waals surface area contributed by atoms with Crippen LogP contribution in [0.2, 0.25) is 5.02 Å². The number of ether oxygens (including phenoxy) is 1. The quantitative estimate of drug-likeness (QED) is 0.652. The largest absolute Gasteiger partial charge is 0.491 e. The first-order valence-electron chi connectivity index (χ1n) is 6.69. The fraction of sp³-hybridized carbons (Fsp3) is 0.250. The van der Waals surface area contributed by atoms with Gasteiger partial charge in [0, 0.05) is 5.56 Å². The summed E-state index contributed by atoms with van der Waals surface area (Å²) in [7, 11) is 0. The topological polar surface area (TPSA) is 47.3 Å². The predicted molar refractivity (Wildman–Crippen MR) is 82.8 cm³/mol. The van der Waals surface area contributed by atoms with Gasteiger partial charge in [0.05, 0.1) is 17.2 Å². The van der Waals surface area contributed by atoms with Gasteiger partial charge in [-0.05, 0) is 37.6 Å². The zero-order valence-corrected chi connectivity index (χ0v) is 12.7.